The Kier molecular flexibility index (Phi) is 6.36. The van der Waals surface area contributed by atoms with Gasteiger partial charge in [0.2, 0.25) is 0 Å². The molecule has 0 saturated heterocycles. The minimum atomic E-state index is -0.101. The van der Waals surface area contributed by atoms with E-state index in [0.29, 0.717) is 5.56 Å². The number of nitrogens with one attached hydrogen (secondary N) is 1. The van der Waals surface area contributed by atoms with Crippen molar-refractivity contribution in [1.29, 1.82) is 0 Å². The molecule has 162 valence electrons. The van der Waals surface area contributed by atoms with Crippen molar-refractivity contribution in [3.05, 3.63) is 82.3 Å². The second-order valence-electron chi connectivity index (χ2n) is 7.85. The summed E-state index contributed by atoms with van der Waals surface area (Å²) in [7, 11) is 0. The van der Waals surface area contributed by atoms with Gasteiger partial charge in [0.15, 0.2) is 5.82 Å². The van der Waals surface area contributed by atoms with E-state index >= 15 is 0 Å². The van der Waals surface area contributed by atoms with Crippen molar-refractivity contribution < 1.29 is 4.79 Å². The minimum Gasteiger partial charge on any atom is -0.322 e. The first-order valence-electron chi connectivity index (χ1n) is 10.8. The lowest BCUT2D eigenvalue weighted by atomic mass is 10.1. The van der Waals surface area contributed by atoms with Gasteiger partial charge in [-0.1, -0.05) is 30.7 Å². The molecule has 0 saturated carbocycles. The molecule has 3 heterocycles. The van der Waals surface area contributed by atoms with E-state index in [1.807, 2.05) is 48.5 Å². The molecule has 1 aliphatic rings. The van der Waals surface area contributed by atoms with Gasteiger partial charge in [-0.3, -0.25) is 4.79 Å². The molecule has 5 rings (SSSR count). The zero-order chi connectivity index (χ0) is 21.8. The highest BCUT2D eigenvalue weighted by Crippen LogP contribution is 2.29. The van der Waals surface area contributed by atoms with E-state index in [2.05, 4.69) is 36.9 Å². The zero-order valence-corrected chi connectivity index (χ0v) is 19.3. The van der Waals surface area contributed by atoms with Crippen LogP contribution < -0.4 is 5.32 Å². The number of amides is 1. The topological polar surface area (TPSA) is 59.8 Å². The van der Waals surface area contributed by atoms with Crippen LogP contribution in [0.25, 0.3) is 11.4 Å². The Hall–Kier alpha value is -2.90. The number of carbonyl (C=O) groups is 1. The predicted octanol–water partition coefficient (Wildman–Crippen LogP) is 6.28. The van der Waals surface area contributed by atoms with E-state index in [1.54, 1.807) is 23.1 Å². The molecule has 1 aliphatic heterocycles. The average molecular weight is 461 g/mol. The Balaban J connectivity index is 1.35. The smallest absolute Gasteiger partial charge is 0.256 e. The maximum atomic E-state index is 13.1. The van der Waals surface area contributed by atoms with Crippen molar-refractivity contribution in [1.82, 2.24) is 14.8 Å². The van der Waals surface area contributed by atoms with Crippen molar-refractivity contribution >= 4 is 34.7 Å². The first-order chi connectivity index (χ1) is 15.8. The number of aromatic nitrogens is 3. The summed E-state index contributed by atoms with van der Waals surface area (Å²) in [6, 6.07) is 17.8. The van der Waals surface area contributed by atoms with Crippen molar-refractivity contribution in [2.24, 2.45) is 0 Å². The van der Waals surface area contributed by atoms with Gasteiger partial charge in [0.1, 0.15) is 5.82 Å². The van der Waals surface area contributed by atoms with Crippen LogP contribution in [-0.4, -0.2) is 20.7 Å². The molecule has 5 nitrogen and oxygen atoms in total. The lowest BCUT2D eigenvalue weighted by molar-refractivity contribution is 0.102. The summed E-state index contributed by atoms with van der Waals surface area (Å²) in [5.41, 5.74) is 3.70. The molecule has 1 N–H and O–H groups in total. The van der Waals surface area contributed by atoms with Gasteiger partial charge in [0.25, 0.3) is 5.91 Å². The number of thiophene rings is 1. The van der Waals surface area contributed by atoms with Crippen LogP contribution in [0.1, 0.15) is 41.0 Å². The number of hydrogen-bond acceptors (Lipinski definition) is 5. The molecule has 32 heavy (non-hydrogen) atoms. The normalized spacial score (nSPS) is 13.4. The second-order valence-corrected chi connectivity index (χ2v) is 9.65. The minimum absolute atomic E-state index is 0.101. The Morgan fingerprint density at radius 1 is 1.06 bits per heavy atom. The van der Waals surface area contributed by atoms with Crippen LogP contribution >= 0.6 is 23.1 Å². The number of aryl methyl sites for hydroxylation is 1. The molecule has 2 aromatic carbocycles. The van der Waals surface area contributed by atoms with Crippen LogP contribution in [0.15, 0.2) is 70.3 Å². The Morgan fingerprint density at radius 2 is 2.00 bits per heavy atom. The molecule has 0 radical (unpaired) electrons. The fourth-order valence-electron chi connectivity index (χ4n) is 3.95. The third-order valence-corrected chi connectivity index (χ3v) is 7.47. The van der Waals surface area contributed by atoms with Gasteiger partial charge < -0.3 is 9.88 Å². The first-order valence-corrected chi connectivity index (χ1v) is 12.8. The van der Waals surface area contributed by atoms with Crippen molar-refractivity contribution in [2.75, 3.05) is 5.32 Å². The number of carbonyl (C=O) groups excluding carboxylic acids is 1. The van der Waals surface area contributed by atoms with E-state index < -0.39 is 0 Å². The highest BCUT2D eigenvalue weighted by atomic mass is 32.2. The number of fused-ring (bicyclic) bond motifs is 1. The number of anilines is 1. The van der Waals surface area contributed by atoms with E-state index in [4.69, 9.17) is 0 Å². The predicted molar refractivity (Wildman–Crippen MR) is 131 cm³/mol. The monoisotopic (exact) mass is 460 g/mol. The third kappa shape index (κ3) is 4.64. The molecular weight excluding hydrogens is 436 g/mol. The van der Waals surface area contributed by atoms with E-state index in [1.165, 1.54) is 12.0 Å². The van der Waals surface area contributed by atoms with Gasteiger partial charge >= 0.3 is 0 Å². The standard InChI is InChI=1S/C25H24N4OS2/c30-25(21-9-3-4-10-22(21)32-17-18-12-14-31-16-18)26-20-8-6-7-19(15-20)24-28-27-23-11-2-1-5-13-29(23)24/h3-4,6-10,12,14-16H,1-2,5,11,13,17H2,(H,26,30). The molecule has 0 bridgehead atoms. The highest BCUT2D eigenvalue weighted by Gasteiger charge is 2.17. The molecule has 2 aromatic heterocycles. The quantitative estimate of drug-likeness (QED) is 0.344. The fraction of sp³-hybridized carbons (Fsp3) is 0.240. The van der Waals surface area contributed by atoms with Gasteiger partial charge in [-0.25, -0.2) is 0 Å². The molecule has 0 atom stereocenters. The van der Waals surface area contributed by atoms with Crippen LogP contribution in [0.4, 0.5) is 5.69 Å². The van der Waals surface area contributed by atoms with Crippen LogP contribution in [0, 0.1) is 0 Å². The largest absolute Gasteiger partial charge is 0.322 e. The van der Waals surface area contributed by atoms with Gasteiger partial charge in [-0.15, -0.1) is 22.0 Å². The van der Waals surface area contributed by atoms with Gasteiger partial charge in [-0.05, 0) is 59.5 Å². The van der Waals surface area contributed by atoms with Gasteiger partial charge in [0.05, 0.1) is 5.56 Å². The molecule has 1 amide bonds. The van der Waals surface area contributed by atoms with Crippen LogP contribution in [-0.2, 0) is 18.7 Å². The summed E-state index contributed by atoms with van der Waals surface area (Å²) in [6.07, 6.45) is 4.51. The van der Waals surface area contributed by atoms with Gasteiger partial charge in [-0.2, -0.15) is 11.3 Å². The summed E-state index contributed by atoms with van der Waals surface area (Å²) in [6.45, 7) is 0.947. The van der Waals surface area contributed by atoms with Crippen LogP contribution in [0.5, 0.6) is 0 Å². The third-order valence-electron chi connectivity index (χ3n) is 5.59. The van der Waals surface area contributed by atoms with E-state index in [-0.39, 0.29) is 5.91 Å². The maximum Gasteiger partial charge on any atom is 0.256 e. The molecule has 0 aliphatic carbocycles. The Morgan fingerprint density at radius 3 is 2.91 bits per heavy atom. The Bertz CT molecular complexity index is 1220. The SMILES string of the molecule is O=C(Nc1cccc(-c2nnc3n2CCCCC3)c1)c1ccccc1SCc1ccsc1. The molecule has 7 heteroatoms. The summed E-state index contributed by atoms with van der Waals surface area (Å²) in [5, 5.41) is 16.2. The van der Waals surface area contributed by atoms with Crippen molar-refractivity contribution in [3.8, 4) is 11.4 Å². The number of rotatable bonds is 6. The molecule has 0 unspecified atom stereocenters. The number of nitrogens with zero attached hydrogens (tertiary/aromatic N) is 3. The number of thioether (sulfide) groups is 1. The maximum absolute atomic E-state index is 13.1. The zero-order valence-electron chi connectivity index (χ0n) is 17.7. The highest BCUT2D eigenvalue weighted by molar-refractivity contribution is 7.98. The lowest BCUT2D eigenvalue weighted by Crippen LogP contribution is -2.13. The van der Waals surface area contributed by atoms with Crippen LogP contribution in [0.3, 0.4) is 0 Å². The lowest BCUT2D eigenvalue weighted by Gasteiger charge is -2.11. The first kappa shape index (κ1) is 21.0. The summed E-state index contributed by atoms with van der Waals surface area (Å²) < 4.78 is 2.23. The molecule has 4 aromatic rings. The van der Waals surface area contributed by atoms with Crippen molar-refractivity contribution in [3.63, 3.8) is 0 Å². The second kappa shape index (κ2) is 9.71. The average Bonchev–Trinajstić information content (AvgIpc) is 3.43. The Labute approximate surface area is 195 Å². The summed E-state index contributed by atoms with van der Waals surface area (Å²) >= 11 is 3.38. The summed E-state index contributed by atoms with van der Waals surface area (Å²) in [4.78, 5) is 14.1. The van der Waals surface area contributed by atoms with E-state index in [9.17, 15) is 4.79 Å². The molecule has 0 fully saturated rings. The summed E-state index contributed by atoms with van der Waals surface area (Å²) in [5.74, 6) is 2.69. The van der Waals surface area contributed by atoms with Gasteiger partial charge in [0, 0.05) is 34.9 Å². The molecular formula is C25H24N4OS2. The molecule has 0 spiro atoms. The number of hydrogen-bond donors (Lipinski definition) is 1. The number of benzene rings is 2. The van der Waals surface area contributed by atoms with E-state index in [0.717, 1.165) is 59.4 Å². The fourth-order valence-corrected chi connectivity index (χ4v) is 5.72. The van der Waals surface area contributed by atoms with Crippen molar-refractivity contribution in [2.45, 2.75) is 42.9 Å². The van der Waals surface area contributed by atoms with Crippen LogP contribution in [0.2, 0.25) is 0 Å².